The molecule has 2 aromatic heterocycles. The standard InChI is InChI=1S/C22H21N3O/c1-2-7-17(8-3-1)20-9-6-16-24-22(20)26-19-13-11-18(12-14-19)25-21-10-4-5-15-23-21/h1-2,4-6,9-17H,3,7-8H2,(H,23,25). The van der Waals surface area contributed by atoms with Gasteiger partial charge in [0, 0.05) is 23.6 Å². The average molecular weight is 343 g/mol. The Kier molecular flexibility index (Phi) is 4.92. The molecule has 1 unspecified atom stereocenters. The maximum atomic E-state index is 6.09. The second-order valence-corrected chi connectivity index (χ2v) is 6.35. The zero-order valence-corrected chi connectivity index (χ0v) is 14.5. The van der Waals surface area contributed by atoms with E-state index < -0.39 is 0 Å². The summed E-state index contributed by atoms with van der Waals surface area (Å²) in [6.45, 7) is 0. The van der Waals surface area contributed by atoms with Gasteiger partial charge in [0.2, 0.25) is 5.88 Å². The fourth-order valence-electron chi connectivity index (χ4n) is 3.18. The van der Waals surface area contributed by atoms with Crippen LogP contribution >= 0.6 is 0 Å². The molecule has 130 valence electrons. The first-order valence-electron chi connectivity index (χ1n) is 8.94. The monoisotopic (exact) mass is 343 g/mol. The summed E-state index contributed by atoms with van der Waals surface area (Å²) < 4.78 is 6.09. The lowest BCUT2D eigenvalue weighted by atomic mass is 9.88. The minimum atomic E-state index is 0.480. The zero-order valence-electron chi connectivity index (χ0n) is 14.5. The Labute approximate surface area is 153 Å². The summed E-state index contributed by atoms with van der Waals surface area (Å²) in [4.78, 5) is 8.74. The Morgan fingerprint density at radius 2 is 1.77 bits per heavy atom. The van der Waals surface area contributed by atoms with Gasteiger partial charge >= 0.3 is 0 Å². The molecule has 0 aliphatic heterocycles. The molecular weight excluding hydrogens is 322 g/mol. The molecule has 0 saturated carbocycles. The fraction of sp³-hybridized carbons (Fsp3) is 0.182. The van der Waals surface area contributed by atoms with Crippen LogP contribution in [-0.4, -0.2) is 9.97 Å². The lowest BCUT2D eigenvalue weighted by Crippen LogP contribution is -2.04. The number of anilines is 2. The summed E-state index contributed by atoms with van der Waals surface area (Å²) in [7, 11) is 0. The molecule has 1 aliphatic carbocycles. The van der Waals surface area contributed by atoms with Gasteiger partial charge in [-0.05, 0) is 67.6 Å². The number of aromatic nitrogens is 2. The van der Waals surface area contributed by atoms with Crippen LogP contribution in [0.15, 0.2) is 79.1 Å². The van der Waals surface area contributed by atoms with Crippen LogP contribution in [0.25, 0.3) is 0 Å². The topological polar surface area (TPSA) is 47.0 Å². The first kappa shape index (κ1) is 16.3. The van der Waals surface area contributed by atoms with Gasteiger partial charge in [0.25, 0.3) is 0 Å². The Bertz CT molecular complexity index is 875. The Balaban J connectivity index is 1.48. The van der Waals surface area contributed by atoms with E-state index in [1.807, 2.05) is 48.5 Å². The molecular formula is C22H21N3O. The highest BCUT2D eigenvalue weighted by Crippen LogP contribution is 2.35. The average Bonchev–Trinajstić information content (AvgIpc) is 2.71. The maximum absolute atomic E-state index is 6.09. The first-order chi connectivity index (χ1) is 12.9. The van der Waals surface area contributed by atoms with Crippen molar-refractivity contribution < 1.29 is 4.74 Å². The third-order valence-corrected chi connectivity index (χ3v) is 4.52. The highest BCUT2D eigenvalue weighted by Gasteiger charge is 2.18. The fourth-order valence-corrected chi connectivity index (χ4v) is 3.18. The molecule has 1 aromatic carbocycles. The minimum Gasteiger partial charge on any atom is -0.439 e. The number of pyridine rings is 2. The van der Waals surface area contributed by atoms with Crippen molar-refractivity contribution in [1.29, 1.82) is 0 Å². The van der Waals surface area contributed by atoms with E-state index in [4.69, 9.17) is 4.74 Å². The second-order valence-electron chi connectivity index (χ2n) is 6.35. The van der Waals surface area contributed by atoms with Gasteiger partial charge in [0.15, 0.2) is 0 Å². The molecule has 4 nitrogen and oxygen atoms in total. The van der Waals surface area contributed by atoms with E-state index in [9.17, 15) is 0 Å². The molecule has 0 fully saturated rings. The highest BCUT2D eigenvalue weighted by molar-refractivity contribution is 5.57. The van der Waals surface area contributed by atoms with Gasteiger partial charge in [-0.2, -0.15) is 0 Å². The smallest absolute Gasteiger partial charge is 0.222 e. The lowest BCUT2D eigenvalue weighted by molar-refractivity contribution is 0.445. The number of benzene rings is 1. The second kappa shape index (κ2) is 7.83. The summed E-state index contributed by atoms with van der Waals surface area (Å²) >= 11 is 0. The number of hydrogen-bond acceptors (Lipinski definition) is 4. The van der Waals surface area contributed by atoms with Gasteiger partial charge < -0.3 is 10.1 Å². The van der Waals surface area contributed by atoms with Crippen LogP contribution in [0.2, 0.25) is 0 Å². The highest BCUT2D eigenvalue weighted by atomic mass is 16.5. The van der Waals surface area contributed by atoms with Gasteiger partial charge in [-0.1, -0.05) is 24.3 Å². The molecule has 1 atom stereocenters. The van der Waals surface area contributed by atoms with Gasteiger partial charge in [0.1, 0.15) is 11.6 Å². The van der Waals surface area contributed by atoms with Crippen molar-refractivity contribution in [3.8, 4) is 11.6 Å². The van der Waals surface area contributed by atoms with E-state index in [0.29, 0.717) is 11.8 Å². The van der Waals surface area contributed by atoms with E-state index in [1.54, 1.807) is 12.4 Å². The largest absolute Gasteiger partial charge is 0.439 e. The van der Waals surface area contributed by atoms with E-state index >= 15 is 0 Å². The summed E-state index contributed by atoms with van der Waals surface area (Å²) in [6.07, 6.45) is 11.4. The van der Waals surface area contributed by atoms with Crippen LogP contribution in [0.4, 0.5) is 11.5 Å². The van der Waals surface area contributed by atoms with Crippen molar-refractivity contribution in [2.45, 2.75) is 25.2 Å². The summed E-state index contributed by atoms with van der Waals surface area (Å²) in [5.74, 6) is 2.79. The van der Waals surface area contributed by atoms with E-state index in [2.05, 4.69) is 33.5 Å². The van der Waals surface area contributed by atoms with E-state index in [-0.39, 0.29) is 0 Å². The Hall–Kier alpha value is -3.14. The molecule has 3 aromatic rings. The lowest BCUT2D eigenvalue weighted by Gasteiger charge is -2.20. The van der Waals surface area contributed by atoms with Crippen molar-refractivity contribution in [3.63, 3.8) is 0 Å². The van der Waals surface area contributed by atoms with Crippen molar-refractivity contribution in [3.05, 3.63) is 84.7 Å². The van der Waals surface area contributed by atoms with Crippen LogP contribution in [0.1, 0.15) is 30.7 Å². The quantitative estimate of drug-likeness (QED) is 0.592. The molecule has 2 heterocycles. The number of allylic oxidation sites excluding steroid dienone is 2. The third kappa shape index (κ3) is 3.91. The predicted molar refractivity (Wildman–Crippen MR) is 104 cm³/mol. The number of ether oxygens (including phenoxy) is 1. The molecule has 0 bridgehead atoms. The summed E-state index contributed by atoms with van der Waals surface area (Å²) in [5.41, 5.74) is 2.15. The molecule has 0 amide bonds. The minimum absolute atomic E-state index is 0.480. The van der Waals surface area contributed by atoms with Crippen molar-refractivity contribution >= 4 is 11.5 Å². The molecule has 1 N–H and O–H groups in total. The molecule has 1 aliphatic rings. The maximum Gasteiger partial charge on any atom is 0.222 e. The van der Waals surface area contributed by atoms with Gasteiger partial charge in [-0.25, -0.2) is 9.97 Å². The molecule has 0 spiro atoms. The number of nitrogens with zero attached hydrogens (tertiary/aromatic N) is 2. The van der Waals surface area contributed by atoms with Crippen molar-refractivity contribution in [1.82, 2.24) is 9.97 Å². The number of nitrogens with one attached hydrogen (secondary N) is 1. The molecule has 4 heteroatoms. The van der Waals surface area contributed by atoms with Gasteiger partial charge in [-0.3, -0.25) is 0 Å². The summed E-state index contributed by atoms with van der Waals surface area (Å²) in [5, 5.41) is 3.27. The van der Waals surface area contributed by atoms with Gasteiger partial charge in [0.05, 0.1) is 0 Å². The predicted octanol–water partition coefficient (Wildman–Crippen LogP) is 5.84. The van der Waals surface area contributed by atoms with Crippen LogP contribution in [0, 0.1) is 0 Å². The SMILES string of the molecule is C1=CCC(c2cccnc2Oc2ccc(Nc3ccccn3)cc2)CC1. The Morgan fingerprint density at radius 3 is 2.54 bits per heavy atom. The third-order valence-electron chi connectivity index (χ3n) is 4.52. The summed E-state index contributed by atoms with van der Waals surface area (Å²) in [6, 6.07) is 17.8. The van der Waals surface area contributed by atoms with Gasteiger partial charge in [-0.15, -0.1) is 0 Å². The van der Waals surface area contributed by atoms with E-state index in [0.717, 1.165) is 36.5 Å². The molecule has 0 radical (unpaired) electrons. The Morgan fingerprint density at radius 1 is 0.885 bits per heavy atom. The molecule has 0 saturated heterocycles. The van der Waals surface area contributed by atoms with Crippen LogP contribution in [0.5, 0.6) is 11.6 Å². The van der Waals surface area contributed by atoms with Crippen LogP contribution in [0.3, 0.4) is 0 Å². The zero-order chi connectivity index (χ0) is 17.6. The molecule has 26 heavy (non-hydrogen) atoms. The molecule has 4 rings (SSSR count). The number of rotatable bonds is 5. The van der Waals surface area contributed by atoms with Crippen molar-refractivity contribution in [2.24, 2.45) is 0 Å². The van der Waals surface area contributed by atoms with Crippen molar-refractivity contribution in [2.75, 3.05) is 5.32 Å². The number of hydrogen-bond donors (Lipinski definition) is 1. The van der Waals surface area contributed by atoms with Crippen LogP contribution < -0.4 is 10.1 Å². The van der Waals surface area contributed by atoms with E-state index in [1.165, 1.54) is 5.56 Å². The normalized spacial score (nSPS) is 16.2. The first-order valence-corrected chi connectivity index (χ1v) is 8.94. The van der Waals surface area contributed by atoms with Crippen LogP contribution in [-0.2, 0) is 0 Å².